The summed E-state index contributed by atoms with van der Waals surface area (Å²) in [5.41, 5.74) is 0.508. The van der Waals surface area contributed by atoms with Crippen molar-refractivity contribution in [2.24, 2.45) is 10.2 Å². The quantitative estimate of drug-likeness (QED) is 0.515. The highest BCUT2D eigenvalue weighted by Crippen LogP contribution is 2.24. The van der Waals surface area contributed by atoms with Crippen molar-refractivity contribution in [3.8, 4) is 0 Å². The van der Waals surface area contributed by atoms with E-state index >= 15 is 0 Å². The Morgan fingerprint density at radius 1 is 1.53 bits per heavy atom. The van der Waals surface area contributed by atoms with Crippen LogP contribution in [0.5, 0.6) is 0 Å². The maximum atomic E-state index is 10.9. The molecule has 0 bridgehead atoms. The fraction of sp³-hybridized carbons (Fsp3) is 0.100. The van der Waals surface area contributed by atoms with Crippen LogP contribution in [0.15, 0.2) is 32.9 Å². The standard InChI is InChI=1S/C10H7BrN4O3S/c11-7-2-1-6(3-8(7)15(17)18)4-12-14-10-13-9(16)5-19-10/h1-4H,5H2,(H,13,14,16). The summed E-state index contributed by atoms with van der Waals surface area (Å²) in [5.74, 6) is 0.219. The van der Waals surface area contributed by atoms with E-state index in [1.807, 2.05) is 0 Å². The average molecular weight is 343 g/mol. The molecule has 1 aliphatic heterocycles. The lowest BCUT2D eigenvalue weighted by molar-refractivity contribution is -0.385. The molecule has 1 fully saturated rings. The van der Waals surface area contributed by atoms with Crippen LogP contribution in [-0.4, -0.2) is 28.0 Å². The van der Waals surface area contributed by atoms with Gasteiger partial charge in [-0.3, -0.25) is 14.9 Å². The van der Waals surface area contributed by atoms with Crippen molar-refractivity contribution in [1.82, 2.24) is 5.32 Å². The van der Waals surface area contributed by atoms with E-state index in [0.717, 1.165) is 0 Å². The van der Waals surface area contributed by atoms with Crippen molar-refractivity contribution in [2.45, 2.75) is 0 Å². The van der Waals surface area contributed by atoms with Gasteiger partial charge in [0.1, 0.15) is 0 Å². The number of benzene rings is 1. The predicted molar refractivity (Wildman–Crippen MR) is 76.4 cm³/mol. The lowest BCUT2D eigenvalue weighted by Crippen LogP contribution is -2.19. The molecule has 2 rings (SSSR count). The molecule has 98 valence electrons. The zero-order valence-corrected chi connectivity index (χ0v) is 11.8. The summed E-state index contributed by atoms with van der Waals surface area (Å²) < 4.78 is 0.402. The van der Waals surface area contributed by atoms with Crippen LogP contribution in [-0.2, 0) is 4.79 Å². The van der Waals surface area contributed by atoms with Gasteiger partial charge in [0.05, 0.1) is 21.4 Å². The molecule has 7 nitrogen and oxygen atoms in total. The Bertz CT molecular complexity index is 602. The number of nitro benzene ring substituents is 1. The first kappa shape index (κ1) is 13.7. The first-order chi connectivity index (χ1) is 9.06. The van der Waals surface area contributed by atoms with Gasteiger partial charge in [0.15, 0.2) is 5.17 Å². The Morgan fingerprint density at radius 2 is 2.32 bits per heavy atom. The monoisotopic (exact) mass is 342 g/mol. The van der Waals surface area contributed by atoms with Crippen LogP contribution in [0.2, 0.25) is 0 Å². The van der Waals surface area contributed by atoms with Crippen LogP contribution < -0.4 is 5.32 Å². The van der Waals surface area contributed by atoms with E-state index in [9.17, 15) is 14.9 Å². The molecule has 19 heavy (non-hydrogen) atoms. The van der Waals surface area contributed by atoms with Crippen molar-refractivity contribution in [1.29, 1.82) is 0 Å². The SMILES string of the molecule is O=C1CSC(=NN=Cc2ccc(Br)c([N+](=O)[O-])c2)N1. The van der Waals surface area contributed by atoms with Crippen molar-refractivity contribution >= 4 is 50.7 Å². The lowest BCUT2D eigenvalue weighted by atomic mass is 10.2. The second-order valence-corrected chi connectivity index (χ2v) is 5.27. The van der Waals surface area contributed by atoms with Crippen LogP contribution in [0.3, 0.4) is 0 Å². The highest BCUT2D eigenvalue weighted by Gasteiger charge is 2.16. The van der Waals surface area contributed by atoms with Crippen LogP contribution in [0.4, 0.5) is 5.69 Å². The molecule has 1 N–H and O–H groups in total. The Balaban J connectivity index is 2.13. The Hall–Kier alpha value is -1.74. The number of nitro groups is 1. The van der Waals surface area contributed by atoms with Gasteiger partial charge >= 0.3 is 0 Å². The number of carbonyl (C=O) groups excluding carboxylic acids is 1. The van der Waals surface area contributed by atoms with Crippen LogP contribution in [0.25, 0.3) is 0 Å². The molecule has 0 radical (unpaired) electrons. The third kappa shape index (κ3) is 3.61. The highest BCUT2D eigenvalue weighted by atomic mass is 79.9. The zero-order valence-electron chi connectivity index (χ0n) is 9.37. The second kappa shape index (κ2) is 5.93. The van der Waals surface area contributed by atoms with E-state index < -0.39 is 4.92 Å². The number of nitrogens with one attached hydrogen (secondary N) is 1. The molecular weight excluding hydrogens is 336 g/mol. The van der Waals surface area contributed by atoms with E-state index in [-0.39, 0.29) is 11.6 Å². The number of amides is 1. The lowest BCUT2D eigenvalue weighted by Gasteiger charge is -1.96. The second-order valence-electron chi connectivity index (χ2n) is 3.45. The number of halogens is 1. The maximum Gasteiger partial charge on any atom is 0.284 e. The molecule has 1 amide bonds. The van der Waals surface area contributed by atoms with Crippen molar-refractivity contribution in [3.05, 3.63) is 38.3 Å². The van der Waals surface area contributed by atoms with Gasteiger partial charge < -0.3 is 5.32 Å². The smallest absolute Gasteiger partial charge is 0.284 e. The predicted octanol–water partition coefficient (Wildman–Crippen LogP) is 1.91. The van der Waals surface area contributed by atoms with Gasteiger partial charge in [0.2, 0.25) is 5.91 Å². The third-order valence-corrected chi connectivity index (χ3v) is 3.64. The van der Waals surface area contributed by atoms with E-state index in [1.54, 1.807) is 12.1 Å². The summed E-state index contributed by atoms with van der Waals surface area (Å²) in [6, 6.07) is 4.62. The van der Waals surface area contributed by atoms with E-state index in [2.05, 4.69) is 31.4 Å². The van der Waals surface area contributed by atoms with Gasteiger partial charge in [-0.25, -0.2) is 0 Å². The summed E-state index contributed by atoms with van der Waals surface area (Å²) in [6.07, 6.45) is 1.39. The molecule has 9 heteroatoms. The van der Waals surface area contributed by atoms with Gasteiger partial charge in [-0.05, 0) is 22.0 Å². The molecule has 0 aliphatic carbocycles. The average Bonchev–Trinajstić information content (AvgIpc) is 2.77. The first-order valence-corrected chi connectivity index (χ1v) is 6.82. The minimum Gasteiger partial charge on any atom is -0.303 e. The number of nitrogens with zero attached hydrogens (tertiary/aromatic N) is 3. The number of carbonyl (C=O) groups is 1. The van der Waals surface area contributed by atoms with E-state index in [1.165, 1.54) is 24.0 Å². The summed E-state index contributed by atoms with van der Waals surface area (Å²) in [6.45, 7) is 0. The largest absolute Gasteiger partial charge is 0.303 e. The first-order valence-electron chi connectivity index (χ1n) is 5.04. The molecule has 0 saturated carbocycles. The molecule has 0 unspecified atom stereocenters. The minimum atomic E-state index is -0.486. The number of hydrogen-bond donors (Lipinski definition) is 1. The summed E-state index contributed by atoms with van der Waals surface area (Å²) in [4.78, 5) is 21.2. The maximum absolute atomic E-state index is 10.9. The van der Waals surface area contributed by atoms with Crippen molar-refractivity contribution < 1.29 is 9.72 Å². The van der Waals surface area contributed by atoms with Gasteiger partial charge in [0, 0.05) is 11.6 Å². The molecule has 1 aromatic carbocycles. The molecule has 0 spiro atoms. The number of thioether (sulfide) groups is 1. The molecule has 1 heterocycles. The van der Waals surface area contributed by atoms with Crippen molar-refractivity contribution in [3.63, 3.8) is 0 Å². The molecule has 0 aromatic heterocycles. The summed E-state index contributed by atoms with van der Waals surface area (Å²) in [7, 11) is 0. The van der Waals surface area contributed by atoms with Crippen LogP contribution in [0, 0.1) is 10.1 Å². The summed E-state index contributed by atoms with van der Waals surface area (Å²) in [5, 5.41) is 21.3. The van der Waals surface area contributed by atoms with Crippen LogP contribution in [0.1, 0.15) is 5.56 Å². The Kier molecular flexibility index (Phi) is 4.27. The van der Waals surface area contributed by atoms with Crippen molar-refractivity contribution in [2.75, 3.05) is 5.75 Å². The van der Waals surface area contributed by atoms with Gasteiger partial charge in [-0.15, -0.1) is 5.10 Å². The molecular formula is C10H7BrN4O3S. The number of amidine groups is 1. The highest BCUT2D eigenvalue weighted by molar-refractivity contribution is 9.10. The van der Waals surface area contributed by atoms with Gasteiger partial charge in [-0.1, -0.05) is 17.8 Å². The Labute approximate surface area is 120 Å². The Morgan fingerprint density at radius 3 is 2.95 bits per heavy atom. The minimum absolute atomic E-state index is 0.0415. The van der Waals surface area contributed by atoms with Crippen LogP contribution >= 0.6 is 27.7 Å². The zero-order chi connectivity index (χ0) is 13.8. The number of hydrogen-bond acceptors (Lipinski definition) is 6. The van der Waals surface area contributed by atoms with Gasteiger partial charge in [0.25, 0.3) is 5.69 Å². The molecule has 0 atom stereocenters. The van der Waals surface area contributed by atoms with Gasteiger partial charge in [-0.2, -0.15) is 5.10 Å². The van der Waals surface area contributed by atoms with E-state index in [4.69, 9.17) is 0 Å². The third-order valence-electron chi connectivity index (χ3n) is 2.11. The van der Waals surface area contributed by atoms with E-state index in [0.29, 0.717) is 21.0 Å². The summed E-state index contributed by atoms with van der Waals surface area (Å²) >= 11 is 4.35. The molecule has 1 aromatic rings. The fourth-order valence-corrected chi connectivity index (χ4v) is 2.30. The normalized spacial score (nSPS) is 17.1. The topological polar surface area (TPSA) is 97.0 Å². The molecule has 1 aliphatic rings. The fourth-order valence-electron chi connectivity index (χ4n) is 1.28. The molecule has 1 saturated heterocycles. The number of rotatable bonds is 3.